The molecule has 2 aromatic carbocycles. The van der Waals surface area contributed by atoms with E-state index in [1.807, 2.05) is 43.3 Å². The molecule has 0 radical (unpaired) electrons. The van der Waals surface area contributed by atoms with E-state index in [-0.39, 0.29) is 17.1 Å². The lowest BCUT2D eigenvalue weighted by Crippen LogP contribution is -2.42. The van der Waals surface area contributed by atoms with Gasteiger partial charge in [0.25, 0.3) is 0 Å². The van der Waals surface area contributed by atoms with Crippen molar-refractivity contribution in [3.63, 3.8) is 0 Å². The SMILES string of the molecule is CN(C)c1nc(NC2CCC(NC(=O)Nc3c(Cl)cccc3C(F)(F)F)CC2)nc2ccccc12. The number of hydrogen-bond acceptors (Lipinski definition) is 5. The summed E-state index contributed by atoms with van der Waals surface area (Å²) in [5.74, 6) is 1.36. The van der Waals surface area contributed by atoms with Crippen LogP contribution < -0.4 is 20.9 Å². The molecule has 7 nitrogen and oxygen atoms in total. The standard InChI is InChI=1S/C24H26ClF3N6O/c1-34(2)21-16-6-3-4-9-19(16)31-22(33-21)29-14-10-12-15(13-11-14)30-23(35)32-20-17(24(26,27)28)7-5-8-18(20)25/h3-9,14-15H,10-13H2,1-2H3,(H,29,31,33)(H2,30,32,35). The summed E-state index contributed by atoms with van der Waals surface area (Å²) in [6.45, 7) is 0. The summed E-state index contributed by atoms with van der Waals surface area (Å²) in [7, 11) is 3.86. The molecule has 1 aliphatic rings. The number of halogens is 4. The molecule has 3 aromatic rings. The molecule has 0 spiro atoms. The van der Waals surface area contributed by atoms with Gasteiger partial charge < -0.3 is 20.9 Å². The van der Waals surface area contributed by atoms with Crippen molar-refractivity contribution in [1.82, 2.24) is 15.3 Å². The molecule has 0 saturated heterocycles. The van der Waals surface area contributed by atoms with E-state index < -0.39 is 23.5 Å². The Morgan fingerprint density at radius 3 is 2.37 bits per heavy atom. The van der Waals surface area contributed by atoms with E-state index in [9.17, 15) is 18.0 Å². The van der Waals surface area contributed by atoms with Crippen molar-refractivity contribution in [2.45, 2.75) is 43.9 Å². The summed E-state index contributed by atoms with van der Waals surface area (Å²) in [4.78, 5) is 23.7. The zero-order valence-electron chi connectivity index (χ0n) is 19.3. The minimum Gasteiger partial charge on any atom is -0.362 e. The van der Waals surface area contributed by atoms with Crippen LogP contribution in [0.15, 0.2) is 42.5 Å². The van der Waals surface area contributed by atoms with Gasteiger partial charge in [-0.05, 0) is 49.9 Å². The van der Waals surface area contributed by atoms with Gasteiger partial charge in [0.2, 0.25) is 5.95 Å². The summed E-state index contributed by atoms with van der Waals surface area (Å²) in [5.41, 5.74) is -0.585. The van der Waals surface area contributed by atoms with Crippen LogP contribution in [0.5, 0.6) is 0 Å². The summed E-state index contributed by atoms with van der Waals surface area (Å²) in [5, 5.41) is 9.23. The first-order valence-corrected chi connectivity index (χ1v) is 11.6. The lowest BCUT2D eigenvalue weighted by atomic mass is 9.91. The molecular weight excluding hydrogens is 481 g/mol. The molecule has 0 aliphatic heterocycles. The van der Waals surface area contributed by atoms with Gasteiger partial charge in [0.15, 0.2) is 0 Å². The average Bonchev–Trinajstić information content (AvgIpc) is 2.80. The van der Waals surface area contributed by atoms with Crippen LogP contribution in [0.2, 0.25) is 5.02 Å². The third-order valence-electron chi connectivity index (χ3n) is 5.96. The van der Waals surface area contributed by atoms with Crippen LogP contribution in [-0.2, 0) is 6.18 Å². The Kier molecular flexibility index (Phi) is 7.20. The number of rotatable bonds is 5. The summed E-state index contributed by atoms with van der Waals surface area (Å²) >= 11 is 5.92. The number of nitrogens with zero attached hydrogens (tertiary/aromatic N) is 3. The summed E-state index contributed by atoms with van der Waals surface area (Å²) in [6.07, 6.45) is -1.81. The lowest BCUT2D eigenvalue weighted by molar-refractivity contribution is -0.136. The van der Waals surface area contributed by atoms with Crippen molar-refractivity contribution >= 4 is 46.0 Å². The van der Waals surface area contributed by atoms with Crippen molar-refractivity contribution in [3.8, 4) is 0 Å². The highest BCUT2D eigenvalue weighted by Crippen LogP contribution is 2.38. The Morgan fingerprint density at radius 1 is 1.00 bits per heavy atom. The van der Waals surface area contributed by atoms with Crippen LogP contribution in [0.3, 0.4) is 0 Å². The Labute approximate surface area is 206 Å². The molecule has 1 fully saturated rings. The second-order valence-electron chi connectivity index (χ2n) is 8.73. The summed E-state index contributed by atoms with van der Waals surface area (Å²) in [6, 6.07) is 10.4. The van der Waals surface area contributed by atoms with E-state index in [1.54, 1.807) is 0 Å². The number of carbonyl (C=O) groups is 1. The van der Waals surface area contributed by atoms with Gasteiger partial charge in [-0.2, -0.15) is 18.2 Å². The van der Waals surface area contributed by atoms with E-state index in [4.69, 9.17) is 11.6 Å². The quantitative estimate of drug-likeness (QED) is 0.400. The van der Waals surface area contributed by atoms with Crippen molar-refractivity contribution in [2.75, 3.05) is 29.6 Å². The Morgan fingerprint density at radius 2 is 1.69 bits per heavy atom. The summed E-state index contributed by atoms with van der Waals surface area (Å²) < 4.78 is 39.8. The molecular formula is C24H26ClF3N6O. The first-order valence-electron chi connectivity index (χ1n) is 11.3. The molecule has 1 aliphatic carbocycles. The van der Waals surface area contributed by atoms with Crippen LogP contribution in [-0.4, -0.2) is 42.2 Å². The fraction of sp³-hybridized carbons (Fsp3) is 0.375. The highest BCUT2D eigenvalue weighted by molar-refractivity contribution is 6.33. The third kappa shape index (κ3) is 5.87. The van der Waals surface area contributed by atoms with Gasteiger partial charge >= 0.3 is 12.2 Å². The lowest BCUT2D eigenvalue weighted by Gasteiger charge is -2.30. The topological polar surface area (TPSA) is 82.2 Å². The minimum atomic E-state index is -4.63. The number of aromatic nitrogens is 2. The van der Waals surface area contributed by atoms with Crippen molar-refractivity contribution in [2.24, 2.45) is 0 Å². The molecule has 1 aromatic heterocycles. The van der Waals surface area contributed by atoms with E-state index in [1.165, 1.54) is 12.1 Å². The largest absolute Gasteiger partial charge is 0.418 e. The Bertz CT molecular complexity index is 1210. The normalized spacial score (nSPS) is 18.2. The predicted octanol–water partition coefficient (Wildman–Crippen LogP) is 5.91. The third-order valence-corrected chi connectivity index (χ3v) is 6.27. The second-order valence-corrected chi connectivity index (χ2v) is 9.14. The van der Waals surface area contributed by atoms with Gasteiger partial charge in [-0.1, -0.05) is 29.8 Å². The van der Waals surface area contributed by atoms with E-state index in [0.717, 1.165) is 35.6 Å². The van der Waals surface area contributed by atoms with Crippen molar-refractivity contribution in [3.05, 3.63) is 53.1 Å². The Hall–Kier alpha value is -3.27. The fourth-order valence-electron chi connectivity index (χ4n) is 4.25. The first kappa shape index (κ1) is 24.8. The van der Waals surface area contributed by atoms with Gasteiger partial charge in [0.05, 0.1) is 21.8 Å². The molecule has 0 bridgehead atoms. The smallest absolute Gasteiger partial charge is 0.362 e. The monoisotopic (exact) mass is 506 g/mol. The number of amides is 2. The maximum absolute atomic E-state index is 13.3. The molecule has 2 amide bonds. The number of urea groups is 1. The number of carbonyl (C=O) groups excluding carboxylic acids is 1. The van der Waals surface area contributed by atoms with Crippen LogP contribution in [0.1, 0.15) is 31.2 Å². The molecule has 35 heavy (non-hydrogen) atoms. The van der Waals surface area contributed by atoms with Crippen LogP contribution in [0, 0.1) is 0 Å². The van der Waals surface area contributed by atoms with Gasteiger partial charge in [0, 0.05) is 31.6 Å². The number of anilines is 3. The van der Waals surface area contributed by atoms with Crippen LogP contribution in [0.4, 0.5) is 35.4 Å². The van der Waals surface area contributed by atoms with Gasteiger partial charge in [0.1, 0.15) is 5.82 Å². The first-order chi connectivity index (χ1) is 16.6. The maximum atomic E-state index is 13.3. The average molecular weight is 507 g/mol. The molecule has 186 valence electrons. The van der Waals surface area contributed by atoms with E-state index in [2.05, 4.69) is 25.9 Å². The molecule has 0 unspecified atom stereocenters. The molecule has 11 heteroatoms. The van der Waals surface area contributed by atoms with Gasteiger partial charge in [-0.25, -0.2) is 9.78 Å². The zero-order valence-corrected chi connectivity index (χ0v) is 20.0. The van der Waals surface area contributed by atoms with E-state index in [0.29, 0.717) is 18.8 Å². The zero-order chi connectivity index (χ0) is 25.2. The van der Waals surface area contributed by atoms with E-state index >= 15 is 0 Å². The number of alkyl halides is 3. The number of hydrogen-bond donors (Lipinski definition) is 3. The van der Waals surface area contributed by atoms with Crippen LogP contribution >= 0.6 is 11.6 Å². The molecule has 1 heterocycles. The fourth-order valence-corrected chi connectivity index (χ4v) is 4.47. The molecule has 3 N–H and O–H groups in total. The van der Waals surface area contributed by atoms with Gasteiger partial charge in [-0.3, -0.25) is 0 Å². The minimum absolute atomic E-state index is 0.118. The Balaban J connectivity index is 1.35. The van der Waals surface area contributed by atoms with Crippen LogP contribution in [0.25, 0.3) is 10.9 Å². The highest BCUT2D eigenvalue weighted by Gasteiger charge is 2.35. The highest BCUT2D eigenvalue weighted by atomic mass is 35.5. The number of para-hydroxylation sites is 2. The molecule has 1 saturated carbocycles. The molecule has 0 atom stereocenters. The predicted molar refractivity (Wildman–Crippen MR) is 132 cm³/mol. The number of nitrogens with one attached hydrogen (secondary N) is 3. The van der Waals surface area contributed by atoms with Crippen molar-refractivity contribution in [1.29, 1.82) is 0 Å². The van der Waals surface area contributed by atoms with Crippen molar-refractivity contribution < 1.29 is 18.0 Å². The number of fused-ring (bicyclic) bond motifs is 1. The number of benzene rings is 2. The second kappa shape index (κ2) is 10.2. The van der Waals surface area contributed by atoms with Gasteiger partial charge in [-0.15, -0.1) is 0 Å². The molecule has 4 rings (SSSR count). The maximum Gasteiger partial charge on any atom is 0.418 e.